The van der Waals surface area contributed by atoms with Gasteiger partial charge in [0.25, 0.3) is 0 Å². The molecular formula is C31H45N3O5. The van der Waals surface area contributed by atoms with Crippen molar-refractivity contribution in [2.45, 2.75) is 120 Å². The molecule has 2 N–H and O–H groups in total. The highest BCUT2D eigenvalue weighted by atomic mass is 16.6. The molecule has 5 atom stereocenters. The lowest BCUT2D eigenvalue weighted by Gasteiger charge is -2.67. The second-order valence-electron chi connectivity index (χ2n) is 14.3. The van der Waals surface area contributed by atoms with Crippen LogP contribution in [0.25, 0.3) is 0 Å². The van der Waals surface area contributed by atoms with Gasteiger partial charge in [-0.15, -0.1) is 0 Å². The third-order valence-corrected chi connectivity index (χ3v) is 10.5. The summed E-state index contributed by atoms with van der Waals surface area (Å²) in [4.78, 5) is 31.1. The summed E-state index contributed by atoms with van der Waals surface area (Å²) < 4.78 is 12.7. The van der Waals surface area contributed by atoms with Crippen molar-refractivity contribution < 1.29 is 24.2 Å². The van der Waals surface area contributed by atoms with Gasteiger partial charge in [-0.1, -0.05) is 6.07 Å². The summed E-state index contributed by atoms with van der Waals surface area (Å²) in [6, 6.07) is 3.88. The molecule has 2 heterocycles. The summed E-state index contributed by atoms with van der Waals surface area (Å²) in [5.41, 5.74) is -0.190. The second-order valence-corrected chi connectivity index (χ2v) is 14.3. The average molecular weight is 540 g/mol. The Balaban J connectivity index is 1.47. The van der Waals surface area contributed by atoms with E-state index in [0.29, 0.717) is 5.75 Å². The number of carbonyl (C=O) groups excluding carboxylic acids is 2. The molecule has 1 aromatic rings. The number of nitrogens with zero attached hydrogens (tertiary/aromatic N) is 2. The van der Waals surface area contributed by atoms with Crippen LogP contribution in [0, 0.1) is 5.92 Å². The minimum atomic E-state index is -0.896. The largest absolute Gasteiger partial charge is 0.504 e. The zero-order valence-electron chi connectivity index (χ0n) is 24.6. The first-order valence-corrected chi connectivity index (χ1v) is 14.7. The number of hydrogen-bond acceptors (Lipinski definition) is 7. The van der Waals surface area contributed by atoms with Gasteiger partial charge in [-0.2, -0.15) is 0 Å². The van der Waals surface area contributed by atoms with E-state index in [1.807, 2.05) is 41.7 Å². The van der Waals surface area contributed by atoms with Crippen LogP contribution in [0.1, 0.15) is 84.8 Å². The van der Waals surface area contributed by atoms with E-state index in [1.54, 1.807) is 13.0 Å². The fourth-order valence-corrected chi connectivity index (χ4v) is 8.43. The summed E-state index contributed by atoms with van der Waals surface area (Å²) in [6.07, 6.45) is 5.46. The third kappa shape index (κ3) is 3.84. The number of benzene rings is 1. The maximum Gasteiger partial charge on any atom is 0.326 e. The van der Waals surface area contributed by atoms with Crippen molar-refractivity contribution >= 4 is 11.9 Å². The van der Waals surface area contributed by atoms with Crippen LogP contribution in [0.2, 0.25) is 0 Å². The number of carbonyl (C=O) groups is 2. The molecule has 2 saturated carbocycles. The van der Waals surface area contributed by atoms with Crippen LogP contribution in [0.4, 0.5) is 0 Å². The average Bonchev–Trinajstić information content (AvgIpc) is 3.57. The highest BCUT2D eigenvalue weighted by Crippen LogP contribution is 2.66. The molecule has 1 spiro atoms. The Morgan fingerprint density at radius 3 is 2.54 bits per heavy atom. The number of nitrogens with one attached hydrogen (secondary N) is 1. The van der Waals surface area contributed by atoms with Crippen LogP contribution in [0.5, 0.6) is 11.5 Å². The number of ether oxygens (including phenoxy) is 2. The van der Waals surface area contributed by atoms with Gasteiger partial charge in [0, 0.05) is 31.1 Å². The number of aromatic hydroxyl groups is 1. The first-order chi connectivity index (χ1) is 18.2. The number of likely N-dealkylation sites (N-methyl/N-ethyl adjacent to an activating group) is 1. The molecule has 8 heteroatoms. The van der Waals surface area contributed by atoms with Gasteiger partial charge in [0.15, 0.2) is 11.5 Å². The number of rotatable bonds is 6. The van der Waals surface area contributed by atoms with Gasteiger partial charge in [-0.25, -0.2) is 0 Å². The first kappa shape index (κ1) is 26.9. The Bertz CT molecular complexity index is 1200. The van der Waals surface area contributed by atoms with E-state index >= 15 is 0 Å². The topological polar surface area (TPSA) is 91.3 Å². The quantitative estimate of drug-likeness (QED) is 0.535. The van der Waals surface area contributed by atoms with E-state index in [9.17, 15) is 14.7 Å². The molecule has 1 aromatic carbocycles. The minimum absolute atomic E-state index is 0.0238. The summed E-state index contributed by atoms with van der Waals surface area (Å²) in [5.74, 6) is 1.17. The van der Waals surface area contributed by atoms with Crippen molar-refractivity contribution in [2.75, 3.05) is 20.1 Å². The molecule has 3 fully saturated rings. The van der Waals surface area contributed by atoms with Gasteiger partial charge in [-0.3, -0.25) is 19.4 Å². The molecule has 8 nitrogen and oxygen atoms in total. The molecule has 3 aliphatic carbocycles. The van der Waals surface area contributed by atoms with Gasteiger partial charge in [-0.05, 0) is 104 Å². The molecule has 5 aliphatic rings. The summed E-state index contributed by atoms with van der Waals surface area (Å²) in [6.45, 7) is 13.1. The monoisotopic (exact) mass is 539 g/mol. The van der Waals surface area contributed by atoms with E-state index in [0.717, 1.165) is 50.3 Å². The van der Waals surface area contributed by atoms with Crippen molar-refractivity contribution in [3.63, 3.8) is 0 Å². The number of likely N-dealkylation sites (tertiary alicyclic amines) is 1. The maximum atomic E-state index is 13.4. The molecular weight excluding hydrogens is 494 g/mol. The standard InChI is InChI=1S/C31H45N3O5/c1-18(35)32-31-13-12-21(33(7)29(5,6)27(37)39-28(2,3)4)26-30(31)14-15-34(17-19-8-9-19)23(31)16-20-10-11-22(36)25(38-26)24(20)30/h10-11,19,21,23,26,36H,8-9,12-17H2,1-7H3,(H,32,35)/t21?,23-,26?,30+,31-/m1/s1. The molecule has 2 unspecified atom stereocenters. The SMILES string of the molecule is CC(=O)N[C@@]12CCC(N(C)C(C)(C)C(=O)OC(C)(C)C)C3Oc4c(O)ccc5c4[C@@]31CCN(CC1CC1)[C@@H]2C5. The van der Waals surface area contributed by atoms with E-state index in [4.69, 9.17) is 9.47 Å². The fourth-order valence-electron chi connectivity index (χ4n) is 8.43. The first-order valence-electron chi connectivity index (χ1n) is 14.7. The molecule has 1 saturated heterocycles. The zero-order valence-corrected chi connectivity index (χ0v) is 24.6. The van der Waals surface area contributed by atoms with E-state index in [1.165, 1.54) is 18.4 Å². The van der Waals surface area contributed by atoms with Crippen molar-refractivity contribution in [3.8, 4) is 11.5 Å². The Kier molecular flexibility index (Phi) is 5.92. The van der Waals surface area contributed by atoms with E-state index in [-0.39, 0.29) is 35.8 Å². The smallest absolute Gasteiger partial charge is 0.326 e. The minimum Gasteiger partial charge on any atom is -0.504 e. The number of phenolic OH excluding ortho intramolecular Hbond substituents is 1. The lowest BCUT2D eigenvalue weighted by atomic mass is 9.46. The number of esters is 1. The van der Waals surface area contributed by atoms with Gasteiger partial charge in [0.2, 0.25) is 5.91 Å². The Labute approximate surface area is 232 Å². The van der Waals surface area contributed by atoms with Gasteiger partial charge in [0.1, 0.15) is 17.2 Å². The van der Waals surface area contributed by atoms with E-state index < -0.39 is 22.1 Å². The Hall–Kier alpha value is -2.32. The number of phenols is 1. The number of piperidine rings is 1. The molecule has 0 radical (unpaired) electrons. The summed E-state index contributed by atoms with van der Waals surface area (Å²) in [7, 11) is 1.99. The van der Waals surface area contributed by atoms with Gasteiger partial charge >= 0.3 is 5.97 Å². The van der Waals surface area contributed by atoms with Crippen LogP contribution < -0.4 is 10.1 Å². The lowest BCUT2D eigenvalue weighted by molar-refractivity contribution is -0.174. The van der Waals surface area contributed by atoms with Crippen LogP contribution in [-0.4, -0.2) is 81.8 Å². The lowest BCUT2D eigenvalue weighted by Crippen LogP contribution is -2.83. The molecule has 39 heavy (non-hydrogen) atoms. The highest BCUT2D eigenvalue weighted by molar-refractivity contribution is 5.80. The van der Waals surface area contributed by atoms with Gasteiger partial charge < -0.3 is 19.9 Å². The van der Waals surface area contributed by atoms with Crippen LogP contribution in [0.3, 0.4) is 0 Å². The number of hydrogen-bond donors (Lipinski definition) is 2. The van der Waals surface area contributed by atoms with Crippen LogP contribution >= 0.6 is 0 Å². The van der Waals surface area contributed by atoms with Gasteiger partial charge in [0.05, 0.1) is 11.0 Å². The van der Waals surface area contributed by atoms with Crippen molar-refractivity contribution in [1.82, 2.24) is 15.1 Å². The van der Waals surface area contributed by atoms with Crippen molar-refractivity contribution in [2.24, 2.45) is 5.92 Å². The Morgan fingerprint density at radius 2 is 1.90 bits per heavy atom. The maximum absolute atomic E-state index is 13.4. The predicted octanol–water partition coefficient (Wildman–Crippen LogP) is 3.52. The molecule has 0 aromatic heterocycles. The normalized spacial score (nSPS) is 33.4. The molecule has 6 rings (SSSR count). The molecule has 2 bridgehead atoms. The molecule has 1 amide bonds. The summed E-state index contributed by atoms with van der Waals surface area (Å²) in [5, 5.41) is 14.6. The summed E-state index contributed by atoms with van der Waals surface area (Å²) >= 11 is 0. The van der Waals surface area contributed by atoms with Crippen molar-refractivity contribution in [1.29, 1.82) is 0 Å². The third-order valence-electron chi connectivity index (χ3n) is 10.5. The zero-order chi connectivity index (χ0) is 28.1. The fraction of sp³-hybridized carbons (Fsp3) is 0.742. The van der Waals surface area contributed by atoms with Crippen LogP contribution in [-0.2, 0) is 26.2 Å². The molecule has 2 aliphatic heterocycles. The predicted molar refractivity (Wildman–Crippen MR) is 148 cm³/mol. The van der Waals surface area contributed by atoms with E-state index in [2.05, 4.69) is 21.2 Å². The van der Waals surface area contributed by atoms with Crippen molar-refractivity contribution in [3.05, 3.63) is 23.3 Å². The molecule has 214 valence electrons. The highest BCUT2D eigenvalue weighted by Gasteiger charge is 2.74. The Morgan fingerprint density at radius 1 is 1.18 bits per heavy atom. The second kappa shape index (κ2) is 8.59. The van der Waals surface area contributed by atoms with Crippen LogP contribution in [0.15, 0.2) is 12.1 Å². The number of amides is 1.